The van der Waals surface area contributed by atoms with Crippen molar-refractivity contribution < 1.29 is 9.84 Å². The number of rotatable bonds is 4. The van der Waals surface area contributed by atoms with Crippen LogP contribution in [0.2, 0.25) is 0 Å². The zero-order chi connectivity index (χ0) is 12.3. The van der Waals surface area contributed by atoms with Gasteiger partial charge in [-0.25, -0.2) is 0 Å². The Morgan fingerprint density at radius 1 is 1.41 bits per heavy atom. The smallest absolute Gasteiger partial charge is 0.132 e. The molecule has 17 heavy (non-hydrogen) atoms. The first-order valence-corrected chi connectivity index (χ1v) is 5.54. The summed E-state index contributed by atoms with van der Waals surface area (Å²) < 4.78 is 7.35. The molecule has 0 aliphatic heterocycles. The molecule has 0 aliphatic carbocycles. The van der Waals surface area contributed by atoms with Crippen molar-refractivity contribution in [1.82, 2.24) is 9.78 Å². The highest BCUT2D eigenvalue weighted by Crippen LogP contribution is 2.19. The van der Waals surface area contributed by atoms with E-state index in [0.717, 1.165) is 17.0 Å². The molecule has 0 aliphatic rings. The standard InChI is InChI=1S/C13H16N2O2/c1-10(16)11-4-3-5-13(8-11)17-9-12-6-7-15(2)14-12/h3-8,10,16H,9H2,1-2H3/t10-/m0/s1. The summed E-state index contributed by atoms with van der Waals surface area (Å²) >= 11 is 0. The van der Waals surface area contributed by atoms with Crippen molar-refractivity contribution in [2.75, 3.05) is 0 Å². The lowest BCUT2D eigenvalue weighted by Gasteiger charge is -2.08. The molecule has 0 amide bonds. The first kappa shape index (κ1) is 11.7. The summed E-state index contributed by atoms with van der Waals surface area (Å²) in [7, 11) is 1.87. The van der Waals surface area contributed by atoms with E-state index in [9.17, 15) is 5.11 Å². The number of hydrogen-bond donors (Lipinski definition) is 1. The maximum atomic E-state index is 9.47. The number of ether oxygens (including phenoxy) is 1. The van der Waals surface area contributed by atoms with Gasteiger partial charge in [0.05, 0.1) is 11.8 Å². The van der Waals surface area contributed by atoms with E-state index in [0.29, 0.717) is 6.61 Å². The fourth-order valence-electron chi connectivity index (χ4n) is 1.56. The van der Waals surface area contributed by atoms with Crippen LogP contribution < -0.4 is 4.74 Å². The van der Waals surface area contributed by atoms with Crippen LogP contribution in [0, 0.1) is 0 Å². The number of aliphatic hydroxyl groups is 1. The number of aliphatic hydroxyl groups excluding tert-OH is 1. The summed E-state index contributed by atoms with van der Waals surface area (Å²) in [6.07, 6.45) is 1.40. The van der Waals surface area contributed by atoms with Gasteiger partial charge in [-0.15, -0.1) is 0 Å². The molecule has 0 spiro atoms. The normalized spacial score (nSPS) is 12.4. The molecule has 1 aromatic carbocycles. The van der Waals surface area contributed by atoms with Crippen molar-refractivity contribution in [2.24, 2.45) is 7.05 Å². The van der Waals surface area contributed by atoms with Crippen LogP contribution in [0.1, 0.15) is 24.3 Å². The molecule has 0 saturated heterocycles. The van der Waals surface area contributed by atoms with Crippen molar-refractivity contribution in [2.45, 2.75) is 19.6 Å². The van der Waals surface area contributed by atoms with E-state index < -0.39 is 6.10 Å². The summed E-state index contributed by atoms with van der Waals surface area (Å²) in [6.45, 7) is 2.17. The lowest BCUT2D eigenvalue weighted by atomic mass is 10.1. The number of aromatic nitrogens is 2. The second-order valence-corrected chi connectivity index (χ2v) is 4.02. The van der Waals surface area contributed by atoms with Crippen LogP contribution >= 0.6 is 0 Å². The molecular formula is C13H16N2O2. The molecule has 1 atom stereocenters. The molecule has 0 unspecified atom stereocenters. The molecule has 2 rings (SSSR count). The second-order valence-electron chi connectivity index (χ2n) is 4.02. The maximum absolute atomic E-state index is 9.47. The summed E-state index contributed by atoms with van der Waals surface area (Å²) in [6, 6.07) is 9.37. The van der Waals surface area contributed by atoms with Gasteiger partial charge in [-0.3, -0.25) is 4.68 Å². The Bertz CT molecular complexity index is 492. The van der Waals surface area contributed by atoms with E-state index in [1.807, 2.05) is 43.6 Å². The molecule has 4 heteroatoms. The first-order chi connectivity index (χ1) is 8.15. The number of nitrogens with zero attached hydrogens (tertiary/aromatic N) is 2. The topological polar surface area (TPSA) is 47.3 Å². The Kier molecular flexibility index (Phi) is 3.44. The van der Waals surface area contributed by atoms with Gasteiger partial charge in [0.2, 0.25) is 0 Å². The molecule has 0 fully saturated rings. The minimum Gasteiger partial charge on any atom is -0.487 e. The predicted molar refractivity (Wildman–Crippen MR) is 64.6 cm³/mol. The van der Waals surface area contributed by atoms with E-state index in [2.05, 4.69) is 5.10 Å². The summed E-state index contributed by atoms with van der Waals surface area (Å²) in [5.41, 5.74) is 1.73. The predicted octanol–water partition coefficient (Wildman–Crippen LogP) is 2.05. The molecule has 1 aromatic heterocycles. The summed E-state index contributed by atoms with van der Waals surface area (Å²) in [5.74, 6) is 0.744. The maximum Gasteiger partial charge on any atom is 0.132 e. The second kappa shape index (κ2) is 5.01. The monoisotopic (exact) mass is 232 g/mol. The van der Waals surface area contributed by atoms with Crippen LogP contribution in [-0.2, 0) is 13.7 Å². The molecule has 90 valence electrons. The lowest BCUT2D eigenvalue weighted by Crippen LogP contribution is -1.99. The molecule has 4 nitrogen and oxygen atoms in total. The van der Waals surface area contributed by atoms with Crippen molar-refractivity contribution in [1.29, 1.82) is 0 Å². The minimum absolute atomic E-state index is 0.435. The van der Waals surface area contributed by atoms with Gasteiger partial charge in [0.25, 0.3) is 0 Å². The van der Waals surface area contributed by atoms with Crippen molar-refractivity contribution in [3.63, 3.8) is 0 Å². The fourth-order valence-corrected chi connectivity index (χ4v) is 1.56. The molecule has 0 saturated carbocycles. The number of aryl methyl sites for hydroxylation is 1. The van der Waals surface area contributed by atoms with Crippen LogP contribution in [0.5, 0.6) is 5.75 Å². The highest BCUT2D eigenvalue weighted by molar-refractivity contribution is 5.29. The van der Waals surface area contributed by atoms with E-state index in [4.69, 9.17) is 4.74 Å². The quantitative estimate of drug-likeness (QED) is 0.877. The Balaban J connectivity index is 2.01. The van der Waals surface area contributed by atoms with Gasteiger partial charge in [0.1, 0.15) is 12.4 Å². The molecule has 1 N–H and O–H groups in total. The van der Waals surface area contributed by atoms with Crippen LogP contribution in [0.4, 0.5) is 0 Å². The molecule has 0 bridgehead atoms. The van der Waals surface area contributed by atoms with Crippen LogP contribution in [0.25, 0.3) is 0 Å². The zero-order valence-corrected chi connectivity index (χ0v) is 10.00. The Labute approximate surface area is 100 Å². The average Bonchev–Trinajstić information content (AvgIpc) is 2.73. The van der Waals surface area contributed by atoms with Gasteiger partial charge in [-0.1, -0.05) is 12.1 Å². The van der Waals surface area contributed by atoms with Crippen molar-refractivity contribution >= 4 is 0 Å². The Morgan fingerprint density at radius 3 is 2.88 bits per heavy atom. The fraction of sp³-hybridized carbons (Fsp3) is 0.308. The van der Waals surface area contributed by atoms with E-state index in [1.54, 1.807) is 11.6 Å². The van der Waals surface area contributed by atoms with E-state index in [-0.39, 0.29) is 0 Å². The van der Waals surface area contributed by atoms with Gasteiger partial charge < -0.3 is 9.84 Å². The largest absolute Gasteiger partial charge is 0.487 e. The minimum atomic E-state index is -0.478. The average molecular weight is 232 g/mol. The Morgan fingerprint density at radius 2 is 2.24 bits per heavy atom. The van der Waals surface area contributed by atoms with Crippen LogP contribution in [-0.4, -0.2) is 14.9 Å². The summed E-state index contributed by atoms with van der Waals surface area (Å²) in [4.78, 5) is 0. The van der Waals surface area contributed by atoms with Gasteiger partial charge in [-0.2, -0.15) is 5.10 Å². The molecular weight excluding hydrogens is 216 g/mol. The third-order valence-electron chi connectivity index (χ3n) is 2.50. The van der Waals surface area contributed by atoms with Crippen LogP contribution in [0.3, 0.4) is 0 Å². The van der Waals surface area contributed by atoms with Crippen LogP contribution in [0.15, 0.2) is 36.5 Å². The van der Waals surface area contributed by atoms with Gasteiger partial charge >= 0.3 is 0 Å². The highest BCUT2D eigenvalue weighted by atomic mass is 16.5. The lowest BCUT2D eigenvalue weighted by molar-refractivity contribution is 0.198. The van der Waals surface area contributed by atoms with E-state index in [1.165, 1.54) is 0 Å². The third kappa shape index (κ3) is 3.07. The highest BCUT2D eigenvalue weighted by Gasteiger charge is 2.03. The zero-order valence-electron chi connectivity index (χ0n) is 10.00. The molecule has 0 radical (unpaired) electrons. The van der Waals surface area contributed by atoms with E-state index >= 15 is 0 Å². The first-order valence-electron chi connectivity index (χ1n) is 5.54. The third-order valence-corrected chi connectivity index (χ3v) is 2.50. The van der Waals surface area contributed by atoms with Crippen molar-refractivity contribution in [3.8, 4) is 5.75 Å². The Hall–Kier alpha value is -1.81. The number of hydrogen-bond acceptors (Lipinski definition) is 3. The number of benzene rings is 1. The summed E-state index contributed by atoms with van der Waals surface area (Å²) in [5, 5.41) is 13.7. The molecule has 2 aromatic rings. The van der Waals surface area contributed by atoms with Crippen molar-refractivity contribution in [3.05, 3.63) is 47.8 Å². The van der Waals surface area contributed by atoms with Gasteiger partial charge in [-0.05, 0) is 30.7 Å². The molecule has 1 heterocycles. The van der Waals surface area contributed by atoms with Gasteiger partial charge in [0, 0.05) is 13.2 Å². The van der Waals surface area contributed by atoms with Gasteiger partial charge in [0.15, 0.2) is 0 Å². The SMILES string of the molecule is C[C@H](O)c1cccc(OCc2ccn(C)n2)c1.